The molecule has 53 heavy (non-hydrogen) atoms. The van der Waals surface area contributed by atoms with E-state index in [0.717, 1.165) is 19.4 Å². The lowest BCUT2D eigenvalue weighted by Gasteiger charge is -2.18. The molecule has 0 aromatic heterocycles. The Morgan fingerprint density at radius 2 is 0.925 bits per heavy atom. The van der Waals surface area contributed by atoms with Crippen LogP contribution >= 0.6 is 0 Å². The summed E-state index contributed by atoms with van der Waals surface area (Å²) in [5.41, 5.74) is -0.0657. The average Bonchev–Trinajstić information content (AvgIpc) is 3.15. The first-order valence-corrected chi connectivity index (χ1v) is 22.3. The zero-order valence-electron chi connectivity index (χ0n) is 34.4. The van der Waals surface area contributed by atoms with Crippen LogP contribution in [0.1, 0.15) is 213 Å². The number of unbranched alkanes of at least 4 members (excludes halogenated alkanes) is 28. The van der Waals surface area contributed by atoms with Crippen LogP contribution in [0, 0.1) is 10.1 Å². The minimum absolute atomic E-state index is 0.0657. The fourth-order valence-corrected chi connectivity index (χ4v) is 6.76. The van der Waals surface area contributed by atoms with Crippen LogP contribution in [0.3, 0.4) is 0 Å². The Balaban J connectivity index is 2.18. The number of hydrogen-bond donors (Lipinski definition) is 0. The Hall–Kier alpha value is -2.19. The first kappa shape index (κ1) is 48.8. The van der Waals surface area contributed by atoms with Gasteiger partial charge in [0.2, 0.25) is 0 Å². The van der Waals surface area contributed by atoms with E-state index in [0.29, 0.717) is 19.6 Å². The second-order valence-electron chi connectivity index (χ2n) is 15.2. The summed E-state index contributed by atoms with van der Waals surface area (Å²) in [5, 5.41) is 10.9. The summed E-state index contributed by atoms with van der Waals surface area (Å²) < 4.78 is 22.7. The number of ether oxygens (including phenoxy) is 4. The van der Waals surface area contributed by atoms with E-state index in [9.17, 15) is 14.9 Å². The molecule has 0 aliphatic carbocycles. The average molecular weight is 748 g/mol. The molecule has 1 rings (SSSR count). The van der Waals surface area contributed by atoms with Gasteiger partial charge in [0.1, 0.15) is 5.75 Å². The normalized spacial score (nSPS) is 11.9. The van der Waals surface area contributed by atoms with Crippen molar-refractivity contribution >= 4 is 11.8 Å². The van der Waals surface area contributed by atoms with E-state index in [1.54, 1.807) is 0 Å². The number of carbonyl (C=O) groups excluding carboxylic acids is 1. The van der Waals surface area contributed by atoms with Crippen LogP contribution < -0.4 is 4.74 Å². The largest absolute Gasteiger partial charge is 0.513 e. The molecule has 1 aromatic rings. The number of hydrogen-bond acceptors (Lipinski definition) is 7. The molecule has 0 heterocycles. The maximum absolute atomic E-state index is 12.2. The highest BCUT2D eigenvalue weighted by molar-refractivity contribution is 5.63. The van der Waals surface area contributed by atoms with Gasteiger partial charge < -0.3 is 18.9 Å². The smallest absolute Gasteiger partial charge is 0.434 e. The van der Waals surface area contributed by atoms with Gasteiger partial charge in [0.25, 0.3) is 5.69 Å². The lowest BCUT2D eigenvalue weighted by Crippen LogP contribution is -2.24. The molecule has 0 amide bonds. The molecule has 0 fully saturated rings. The minimum Gasteiger partial charge on any atom is -0.434 e. The third kappa shape index (κ3) is 32.9. The third-order valence-corrected chi connectivity index (χ3v) is 10.2. The Morgan fingerprint density at radius 1 is 0.547 bits per heavy atom. The van der Waals surface area contributed by atoms with E-state index in [4.69, 9.17) is 18.9 Å². The predicted molar refractivity (Wildman–Crippen MR) is 220 cm³/mol. The number of benzene rings is 1. The van der Waals surface area contributed by atoms with Gasteiger partial charge in [0.15, 0.2) is 0 Å². The van der Waals surface area contributed by atoms with Crippen LogP contribution in [0.5, 0.6) is 5.75 Å². The highest BCUT2D eigenvalue weighted by Crippen LogP contribution is 2.19. The predicted octanol–water partition coefficient (Wildman–Crippen LogP) is 14.6. The van der Waals surface area contributed by atoms with Crippen molar-refractivity contribution in [3.63, 3.8) is 0 Å². The van der Waals surface area contributed by atoms with Crippen LogP contribution in [0.4, 0.5) is 10.5 Å². The SMILES string of the molecule is CCCCCCCCCCCCCCCCCCOC[C@H](CCOC(=O)Oc1ccc([N+](=O)[O-])cc1)OCCCCCCCCCCCCCCCC. The summed E-state index contributed by atoms with van der Waals surface area (Å²) in [5.74, 6) is 0.202. The van der Waals surface area contributed by atoms with Gasteiger partial charge in [-0.3, -0.25) is 10.1 Å². The summed E-state index contributed by atoms with van der Waals surface area (Å²) >= 11 is 0. The molecule has 0 unspecified atom stereocenters. The second kappa shape index (κ2) is 38.1. The van der Waals surface area contributed by atoms with Crippen LogP contribution in [0.25, 0.3) is 0 Å². The van der Waals surface area contributed by atoms with Crippen LogP contribution in [-0.4, -0.2) is 43.6 Å². The van der Waals surface area contributed by atoms with E-state index in [1.165, 1.54) is 204 Å². The van der Waals surface area contributed by atoms with Gasteiger partial charge in [-0.2, -0.15) is 0 Å². The second-order valence-corrected chi connectivity index (χ2v) is 15.2. The van der Waals surface area contributed by atoms with E-state index >= 15 is 0 Å². The molecule has 8 heteroatoms. The van der Waals surface area contributed by atoms with Crippen molar-refractivity contribution in [3.05, 3.63) is 34.4 Å². The van der Waals surface area contributed by atoms with Crippen LogP contribution in [-0.2, 0) is 14.2 Å². The van der Waals surface area contributed by atoms with Gasteiger partial charge in [-0.15, -0.1) is 0 Å². The summed E-state index contributed by atoms with van der Waals surface area (Å²) in [4.78, 5) is 22.6. The molecular formula is C45H81NO7. The van der Waals surface area contributed by atoms with E-state index in [1.807, 2.05) is 0 Å². The number of carbonyl (C=O) groups is 1. The maximum Gasteiger partial charge on any atom is 0.513 e. The standard InChI is InChI=1S/C45H81NO7/c1-3-5-7-9-11-13-15-17-19-20-21-23-25-27-29-31-38-50-41-44(37-40-52-45(47)53-43-35-33-42(34-36-43)46(48)49)51-39-32-30-28-26-24-22-18-16-14-12-10-8-6-4-2/h33-36,44H,3-32,37-41H2,1-2H3/t44-/m0/s1. The number of rotatable bonds is 40. The summed E-state index contributed by atoms with van der Waals surface area (Å²) in [6.45, 7) is 6.59. The van der Waals surface area contributed by atoms with Crippen molar-refractivity contribution in [3.8, 4) is 5.75 Å². The van der Waals surface area contributed by atoms with Crippen molar-refractivity contribution in [1.82, 2.24) is 0 Å². The van der Waals surface area contributed by atoms with Crippen LogP contribution in [0.2, 0.25) is 0 Å². The van der Waals surface area contributed by atoms with Crippen molar-refractivity contribution in [1.29, 1.82) is 0 Å². The molecule has 1 aromatic carbocycles. The molecule has 8 nitrogen and oxygen atoms in total. The lowest BCUT2D eigenvalue weighted by atomic mass is 10.0. The molecule has 0 spiro atoms. The molecule has 1 atom stereocenters. The molecule has 0 saturated heterocycles. The summed E-state index contributed by atoms with van der Waals surface area (Å²) in [6, 6.07) is 5.35. The lowest BCUT2D eigenvalue weighted by molar-refractivity contribution is -0.384. The molecule has 0 saturated carbocycles. The topological polar surface area (TPSA) is 97.1 Å². The number of nitro benzene ring substituents is 1. The minimum atomic E-state index is -0.835. The number of non-ortho nitro benzene ring substituents is 1. The fourth-order valence-electron chi connectivity index (χ4n) is 6.76. The highest BCUT2D eigenvalue weighted by Gasteiger charge is 2.14. The number of nitrogens with zero attached hydrogens (tertiary/aromatic N) is 1. The fraction of sp³-hybridized carbons (Fsp3) is 0.844. The van der Waals surface area contributed by atoms with Crippen molar-refractivity contribution in [2.24, 2.45) is 0 Å². The van der Waals surface area contributed by atoms with Gasteiger partial charge in [-0.05, 0) is 25.0 Å². The van der Waals surface area contributed by atoms with Gasteiger partial charge in [-0.1, -0.05) is 194 Å². The molecule has 0 aliphatic heterocycles. The molecule has 0 radical (unpaired) electrons. The van der Waals surface area contributed by atoms with Gasteiger partial charge in [-0.25, -0.2) is 4.79 Å². The summed E-state index contributed by atoms with van der Waals surface area (Å²) in [7, 11) is 0. The van der Waals surface area contributed by atoms with Crippen molar-refractivity contribution < 1.29 is 28.7 Å². The Kier molecular flexibility index (Phi) is 35.1. The van der Waals surface area contributed by atoms with Gasteiger partial charge >= 0.3 is 6.16 Å². The van der Waals surface area contributed by atoms with Gasteiger partial charge in [0, 0.05) is 31.8 Å². The van der Waals surface area contributed by atoms with Gasteiger partial charge in [0.05, 0.1) is 24.2 Å². The quantitative estimate of drug-likeness (QED) is 0.0217. The molecule has 0 aliphatic rings. The molecule has 0 bridgehead atoms. The maximum atomic E-state index is 12.2. The molecule has 0 N–H and O–H groups in total. The molecule has 308 valence electrons. The first-order chi connectivity index (χ1) is 26.1. The Labute approximate surface area is 325 Å². The van der Waals surface area contributed by atoms with Crippen molar-refractivity contribution in [2.45, 2.75) is 219 Å². The zero-order valence-corrected chi connectivity index (χ0v) is 34.4. The highest BCUT2D eigenvalue weighted by atomic mass is 16.7. The van der Waals surface area contributed by atoms with Crippen molar-refractivity contribution in [2.75, 3.05) is 26.4 Å². The Bertz CT molecular complexity index is 941. The third-order valence-electron chi connectivity index (χ3n) is 10.2. The molecular weight excluding hydrogens is 666 g/mol. The Morgan fingerprint density at radius 3 is 1.32 bits per heavy atom. The monoisotopic (exact) mass is 748 g/mol. The van der Waals surface area contributed by atoms with E-state index < -0.39 is 11.1 Å². The van der Waals surface area contributed by atoms with E-state index in [2.05, 4.69) is 13.8 Å². The first-order valence-electron chi connectivity index (χ1n) is 22.3. The van der Waals surface area contributed by atoms with E-state index in [-0.39, 0.29) is 24.1 Å². The number of nitro groups is 1. The zero-order chi connectivity index (χ0) is 38.3. The van der Waals surface area contributed by atoms with Crippen LogP contribution in [0.15, 0.2) is 24.3 Å². The summed E-state index contributed by atoms with van der Waals surface area (Å²) in [6.07, 6.45) is 39.7.